The Bertz CT molecular complexity index is 1260. The first-order chi connectivity index (χ1) is 17.3. The average molecular weight is 512 g/mol. The quantitative estimate of drug-likeness (QED) is 0.430. The van der Waals surface area contributed by atoms with Gasteiger partial charge < -0.3 is 19.5 Å². The van der Waals surface area contributed by atoms with E-state index < -0.39 is 5.82 Å². The lowest BCUT2D eigenvalue weighted by Crippen LogP contribution is -2.39. The summed E-state index contributed by atoms with van der Waals surface area (Å²) in [6.07, 6.45) is 4.48. The van der Waals surface area contributed by atoms with Crippen LogP contribution in [0.3, 0.4) is 0 Å². The van der Waals surface area contributed by atoms with E-state index in [0.717, 1.165) is 18.4 Å². The Morgan fingerprint density at radius 1 is 1.22 bits per heavy atom. The lowest BCUT2D eigenvalue weighted by Gasteiger charge is -2.32. The first kappa shape index (κ1) is 25.4. The number of nitrogens with zero attached hydrogens (tertiary/aromatic N) is 2. The van der Waals surface area contributed by atoms with Gasteiger partial charge in [-0.1, -0.05) is 28.9 Å². The second kappa shape index (κ2) is 11.4. The molecule has 1 aliphatic heterocycles. The van der Waals surface area contributed by atoms with Gasteiger partial charge in [-0.2, -0.15) is 0 Å². The van der Waals surface area contributed by atoms with Gasteiger partial charge in [-0.25, -0.2) is 4.39 Å². The van der Waals surface area contributed by atoms with Crippen LogP contribution in [0.2, 0.25) is 5.02 Å². The number of ether oxygens (including phenoxy) is 1. The second-order valence-corrected chi connectivity index (χ2v) is 9.09. The predicted octanol–water partition coefficient (Wildman–Crippen LogP) is 5.38. The molecule has 0 unspecified atom stereocenters. The number of rotatable bonds is 7. The highest BCUT2D eigenvalue weighted by atomic mass is 35.5. The molecule has 9 heteroatoms. The summed E-state index contributed by atoms with van der Waals surface area (Å²) in [5.41, 5.74) is 2.58. The Kier molecular flexibility index (Phi) is 8.05. The third kappa shape index (κ3) is 6.12. The van der Waals surface area contributed by atoms with Crippen LogP contribution in [0.25, 0.3) is 6.08 Å². The van der Waals surface area contributed by atoms with Gasteiger partial charge in [0.2, 0.25) is 11.8 Å². The zero-order valence-corrected chi connectivity index (χ0v) is 20.8. The van der Waals surface area contributed by atoms with E-state index in [0.29, 0.717) is 36.1 Å². The Balaban J connectivity index is 1.29. The number of piperidine rings is 1. The van der Waals surface area contributed by atoms with E-state index in [1.165, 1.54) is 25.3 Å². The number of benzene rings is 2. The standard InChI is InChI=1S/C27H27ClFN3O4/c1-17-15-21(31-36-17)7-10-25(33)30-20-5-3-18(4-6-20)19-11-13-32(14-12-19)26(34)16-22-23(28)8-9-24(35-2)27(22)29/h3-10,15,19H,11-14,16H2,1-2H3,(H,30,33)/b10-7+. The lowest BCUT2D eigenvalue weighted by atomic mass is 9.89. The fraction of sp³-hybridized carbons (Fsp3) is 0.296. The van der Waals surface area contributed by atoms with E-state index in [4.69, 9.17) is 20.9 Å². The summed E-state index contributed by atoms with van der Waals surface area (Å²) >= 11 is 6.13. The number of anilines is 1. The number of carbonyl (C=O) groups excluding carboxylic acids is 2. The number of hydrogen-bond donors (Lipinski definition) is 1. The van der Waals surface area contributed by atoms with E-state index in [9.17, 15) is 14.0 Å². The molecule has 0 spiro atoms. The molecule has 188 valence electrons. The third-order valence-corrected chi connectivity index (χ3v) is 6.60. The van der Waals surface area contributed by atoms with Crippen LogP contribution >= 0.6 is 11.6 Å². The number of halogens is 2. The molecule has 0 aliphatic carbocycles. The van der Waals surface area contributed by atoms with Gasteiger partial charge >= 0.3 is 0 Å². The van der Waals surface area contributed by atoms with Crippen molar-refractivity contribution in [1.29, 1.82) is 0 Å². The minimum absolute atomic E-state index is 0.0709. The Labute approximate surface area is 213 Å². The Morgan fingerprint density at radius 3 is 2.58 bits per heavy atom. The number of hydrogen-bond acceptors (Lipinski definition) is 5. The molecule has 4 rings (SSSR count). The molecule has 7 nitrogen and oxygen atoms in total. The maximum Gasteiger partial charge on any atom is 0.248 e. The number of aryl methyl sites for hydroxylation is 1. The predicted molar refractivity (Wildman–Crippen MR) is 136 cm³/mol. The molecule has 3 aromatic rings. The van der Waals surface area contributed by atoms with Gasteiger partial charge in [0.25, 0.3) is 0 Å². The summed E-state index contributed by atoms with van der Waals surface area (Å²) in [7, 11) is 1.38. The maximum atomic E-state index is 14.6. The van der Waals surface area contributed by atoms with Crippen LogP contribution in [-0.4, -0.2) is 42.1 Å². The van der Waals surface area contributed by atoms with Crippen LogP contribution in [0.4, 0.5) is 10.1 Å². The SMILES string of the molecule is COc1ccc(Cl)c(CC(=O)N2CCC(c3ccc(NC(=O)/C=C/c4cc(C)on4)cc3)CC2)c1F. The highest BCUT2D eigenvalue weighted by Crippen LogP contribution is 2.31. The molecule has 1 fully saturated rings. The smallest absolute Gasteiger partial charge is 0.248 e. The molecular weight excluding hydrogens is 485 g/mol. The fourth-order valence-corrected chi connectivity index (χ4v) is 4.48. The second-order valence-electron chi connectivity index (χ2n) is 8.68. The highest BCUT2D eigenvalue weighted by Gasteiger charge is 2.26. The first-order valence-corrected chi connectivity index (χ1v) is 12.0. The van der Waals surface area contributed by atoms with E-state index in [-0.39, 0.29) is 34.6 Å². The number of carbonyl (C=O) groups is 2. The molecular formula is C27H27ClFN3O4. The largest absolute Gasteiger partial charge is 0.494 e. The molecule has 2 aromatic carbocycles. The van der Waals surface area contributed by atoms with Crippen molar-refractivity contribution in [3.05, 3.63) is 82.0 Å². The number of nitrogens with one attached hydrogen (secondary N) is 1. The summed E-state index contributed by atoms with van der Waals surface area (Å²) < 4.78 is 24.5. The fourth-order valence-electron chi connectivity index (χ4n) is 4.27. The Hall–Kier alpha value is -3.65. The van der Waals surface area contributed by atoms with Crippen molar-refractivity contribution in [3.8, 4) is 5.75 Å². The average Bonchev–Trinajstić information content (AvgIpc) is 3.31. The lowest BCUT2D eigenvalue weighted by molar-refractivity contribution is -0.131. The zero-order valence-electron chi connectivity index (χ0n) is 20.1. The summed E-state index contributed by atoms with van der Waals surface area (Å²) in [5, 5.41) is 6.86. The molecule has 36 heavy (non-hydrogen) atoms. The van der Waals surface area contributed by atoms with Crippen LogP contribution in [0.5, 0.6) is 5.75 Å². The van der Waals surface area contributed by atoms with Gasteiger partial charge in [-0.3, -0.25) is 9.59 Å². The molecule has 0 bridgehead atoms. The molecule has 1 saturated heterocycles. The number of amides is 2. The molecule has 2 amide bonds. The highest BCUT2D eigenvalue weighted by molar-refractivity contribution is 6.31. The molecule has 0 radical (unpaired) electrons. The number of methoxy groups -OCH3 is 1. The van der Waals surface area contributed by atoms with Gasteiger partial charge in [-0.15, -0.1) is 0 Å². The molecule has 2 heterocycles. The van der Waals surface area contributed by atoms with E-state index in [1.54, 1.807) is 24.0 Å². The summed E-state index contributed by atoms with van der Waals surface area (Å²) in [6, 6.07) is 12.5. The molecule has 0 atom stereocenters. The van der Waals surface area contributed by atoms with E-state index in [2.05, 4.69) is 10.5 Å². The van der Waals surface area contributed by atoms with Crippen molar-refractivity contribution >= 4 is 35.2 Å². The van der Waals surface area contributed by atoms with E-state index in [1.807, 2.05) is 24.3 Å². The van der Waals surface area contributed by atoms with Gasteiger partial charge in [0.05, 0.1) is 13.5 Å². The monoisotopic (exact) mass is 511 g/mol. The van der Waals surface area contributed by atoms with Crippen molar-refractivity contribution in [1.82, 2.24) is 10.1 Å². The number of aromatic nitrogens is 1. The molecule has 0 saturated carbocycles. The summed E-state index contributed by atoms with van der Waals surface area (Å²) in [4.78, 5) is 26.7. The van der Waals surface area contributed by atoms with Gasteiger partial charge in [0.1, 0.15) is 11.5 Å². The van der Waals surface area contributed by atoms with Crippen molar-refractivity contribution in [2.24, 2.45) is 0 Å². The minimum atomic E-state index is -0.593. The van der Waals surface area contributed by atoms with Crippen molar-refractivity contribution in [2.45, 2.75) is 32.1 Å². The molecule has 1 aromatic heterocycles. The normalized spacial score (nSPS) is 14.3. The van der Waals surface area contributed by atoms with E-state index >= 15 is 0 Å². The first-order valence-electron chi connectivity index (χ1n) is 11.6. The van der Waals surface area contributed by atoms with Crippen molar-refractivity contribution in [3.63, 3.8) is 0 Å². The number of likely N-dealkylation sites (tertiary alicyclic amines) is 1. The zero-order chi connectivity index (χ0) is 25.7. The van der Waals surface area contributed by atoms with Crippen LogP contribution in [0, 0.1) is 12.7 Å². The molecule has 1 N–H and O–H groups in total. The van der Waals surface area contributed by atoms with Crippen molar-refractivity contribution < 1.29 is 23.2 Å². The summed E-state index contributed by atoms with van der Waals surface area (Å²) in [5.74, 6) is 0.0326. The third-order valence-electron chi connectivity index (χ3n) is 6.25. The maximum absolute atomic E-state index is 14.6. The van der Waals surface area contributed by atoms with Gasteiger partial charge in [-0.05, 0) is 61.6 Å². The van der Waals surface area contributed by atoms with Crippen LogP contribution in [-0.2, 0) is 16.0 Å². The van der Waals surface area contributed by atoms with Crippen LogP contribution < -0.4 is 10.1 Å². The van der Waals surface area contributed by atoms with Crippen LogP contribution in [0.15, 0.2) is 53.1 Å². The van der Waals surface area contributed by atoms with Gasteiger partial charge in [0.15, 0.2) is 11.6 Å². The Morgan fingerprint density at radius 2 is 1.94 bits per heavy atom. The minimum Gasteiger partial charge on any atom is -0.494 e. The van der Waals surface area contributed by atoms with Crippen LogP contribution in [0.1, 0.15) is 41.3 Å². The van der Waals surface area contributed by atoms with Gasteiger partial charge in [0, 0.05) is 41.5 Å². The molecule has 1 aliphatic rings. The van der Waals surface area contributed by atoms with Crippen molar-refractivity contribution in [2.75, 3.05) is 25.5 Å². The summed E-state index contributed by atoms with van der Waals surface area (Å²) in [6.45, 7) is 2.95. The topological polar surface area (TPSA) is 84.7 Å².